The number of aromatic amines is 1. The van der Waals surface area contributed by atoms with Gasteiger partial charge in [-0.05, 0) is 18.2 Å². The number of benzene rings is 1. The number of aromatic nitrogens is 2. The number of imidazole rings is 1. The second kappa shape index (κ2) is 6.04. The van der Waals surface area contributed by atoms with Crippen LogP contribution < -0.4 is 0 Å². The normalized spacial score (nSPS) is 21.6. The Morgan fingerprint density at radius 2 is 2.17 bits per heavy atom. The average Bonchev–Trinajstić information content (AvgIpc) is 3.06. The predicted octanol–water partition coefficient (Wildman–Crippen LogP) is 2.67. The van der Waals surface area contributed by atoms with E-state index >= 15 is 0 Å². The lowest BCUT2D eigenvalue weighted by atomic mass is 10.2. The summed E-state index contributed by atoms with van der Waals surface area (Å²) in [7, 11) is 0. The van der Waals surface area contributed by atoms with Crippen molar-refractivity contribution in [2.24, 2.45) is 0 Å². The van der Waals surface area contributed by atoms with E-state index in [1.807, 2.05) is 0 Å². The third kappa shape index (κ3) is 3.35. The molecule has 2 unspecified atom stereocenters. The fourth-order valence-corrected chi connectivity index (χ4v) is 2.64. The molecule has 0 aliphatic carbocycles. The highest BCUT2D eigenvalue weighted by atomic mass is 19.4. The summed E-state index contributed by atoms with van der Waals surface area (Å²) >= 11 is 0. The molecule has 2 aromatic rings. The second-order valence-electron chi connectivity index (χ2n) is 5.70. The Balaban J connectivity index is 1.69. The molecule has 0 radical (unpaired) electrons. The van der Waals surface area contributed by atoms with Crippen molar-refractivity contribution >= 4 is 16.9 Å². The maximum absolute atomic E-state index is 13.8. The molecule has 0 bridgehead atoms. The molecule has 0 spiro atoms. The Labute approximate surface area is 134 Å². The first-order valence-corrected chi connectivity index (χ1v) is 7.31. The smallest absolute Gasteiger partial charge is 0.365 e. The minimum Gasteiger partial charge on any atom is -0.365 e. The Kier molecular flexibility index (Phi) is 4.20. The number of carbonyl (C=O) groups is 1. The number of fused-ring (bicyclic) bond motifs is 1. The first kappa shape index (κ1) is 16.7. The zero-order valence-corrected chi connectivity index (χ0v) is 12.7. The van der Waals surface area contributed by atoms with Gasteiger partial charge in [-0.1, -0.05) is 0 Å². The van der Waals surface area contributed by atoms with Gasteiger partial charge >= 0.3 is 6.18 Å². The van der Waals surface area contributed by atoms with Gasteiger partial charge < -0.3 is 14.6 Å². The van der Waals surface area contributed by atoms with E-state index in [2.05, 4.69) is 9.97 Å². The largest absolute Gasteiger partial charge is 0.416 e. The molecule has 1 N–H and O–H groups in total. The van der Waals surface area contributed by atoms with Gasteiger partial charge in [-0.15, -0.1) is 0 Å². The molecule has 1 amide bonds. The van der Waals surface area contributed by atoms with Crippen LogP contribution in [0.5, 0.6) is 0 Å². The summed E-state index contributed by atoms with van der Waals surface area (Å²) in [6.45, 7) is 1.41. The molecule has 9 heteroatoms. The number of halogens is 4. The van der Waals surface area contributed by atoms with Crippen LogP contribution in [-0.2, 0) is 22.3 Å². The number of alkyl halides is 4. The molecule has 24 heavy (non-hydrogen) atoms. The number of nitrogens with zero attached hydrogens (tertiary/aromatic N) is 2. The standard InChI is InChI=1S/C15H15F4N3O2/c1-8(23)22-5-10(16)13(6-22)24-7-14-20-11-3-2-9(15(17,18)19)4-12(11)21-14/h2-4,10,13H,5-7H2,1H3,(H,20,21). The summed E-state index contributed by atoms with van der Waals surface area (Å²) in [5.74, 6) is 0.0740. The van der Waals surface area contributed by atoms with Crippen molar-refractivity contribution in [1.29, 1.82) is 0 Å². The van der Waals surface area contributed by atoms with Gasteiger partial charge in [0.15, 0.2) is 0 Å². The van der Waals surface area contributed by atoms with Crippen LogP contribution in [-0.4, -0.2) is 46.1 Å². The van der Waals surface area contributed by atoms with E-state index in [0.29, 0.717) is 11.3 Å². The lowest BCUT2D eigenvalue weighted by molar-refractivity contribution is -0.137. The molecule has 1 saturated heterocycles. The predicted molar refractivity (Wildman–Crippen MR) is 76.8 cm³/mol. The average molecular weight is 345 g/mol. The van der Waals surface area contributed by atoms with Gasteiger partial charge in [0, 0.05) is 13.5 Å². The van der Waals surface area contributed by atoms with E-state index in [-0.39, 0.29) is 31.1 Å². The summed E-state index contributed by atoms with van der Waals surface area (Å²) in [4.78, 5) is 19.5. The fraction of sp³-hybridized carbons (Fsp3) is 0.467. The van der Waals surface area contributed by atoms with Crippen LogP contribution in [0.4, 0.5) is 17.6 Å². The van der Waals surface area contributed by atoms with Crippen LogP contribution in [0, 0.1) is 0 Å². The Morgan fingerprint density at radius 3 is 2.79 bits per heavy atom. The first-order valence-electron chi connectivity index (χ1n) is 7.31. The fourth-order valence-electron chi connectivity index (χ4n) is 2.64. The van der Waals surface area contributed by atoms with Crippen molar-refractivity contribution < 1.29 is 27.1 Å². The number of ether oxygens (including phenoxy) is 1. The van der Waals surface area contributed by atoms with Crippen LogP contribution in [0.3, 0.4) is 0 Å². The number of hydrogen-bond acceptors (Lipinski definition) is 3. The highest BCUT2D eigenvalue weighted by molar-refractivity contribution is 5.76. The minimum atomic E-state index is -4.43. The summed E-state index contributed by atoms with van der Waals surface area (Å²) in [6.07, 6.45) is -6.50. The van der Waals surface area contributed by atoms with Gasteiger partial charge in [-0.3, -0.25) is 4.79 Å². The third-order valence-electron chi connectivity index (χ3n) is 3.94. The molecule has 1 aliphatic rings. The van der Waals surface area contributed by atoms with E-state index in [4.69, 9.17) is 4.74 Å². The Bertz CT molecular complexity index is 759. The summed E-state index contributed by atoms with van der Waals surface area (Å²) < 4.78 is 57.3. The monoisotopic (exact) mass is 345 g/mol. The van der Waals surface area contributed by atoms with E-state index in [1.54, 1.807) is 0 Å². The maximum atomic E-state index is 13.8. The molecule has 3 rings (SSSR count). The summed E-state index contributed by atoms with van der Waals surface area (Å²) in [5.41, 5.74) is -0.171. The zero-order valence-electron chi connectivity index (χ0n) is 12.7. The first-order chi connectivity index (χ1) is 11.2. The highest BCUT2D eigenvalue weighted by Crippen LogP contribution is 2.31. The number of likely N-dealkylation sites (tertiary alicyclic amines) is 1. The molecule has 2 atom stereocenters. The number of hydrogen-bond donors (Lipinski definition) is 1. The zero-order chi connectivity index (χ0) is 17.5. The molecule has 1 aliphatic heterocycles. The van der Waals surface area contributed by atoms with Crippen LogP contribution in [0.1, 0.15) is 18.3 Å². The van der Waals surface area contributed by atoms with Crippen molar-refractivity contribution in [2.45, 2.75) is 32.0 Å². The van der Waals surface area contributed by atoms with Gasteiger partial charge in [0.05, 0.1) is 23.1 Å². The van der Waals surface area contributed by atoms with Crippen LogP contribution >= 0.6 is 0 Å². The van der Waals surface area contributed by atoms with Crippen LogP contribution in [0.25, 0.3) is 11.0 Å². The number of H-pyrrole nitrogens is 1. The van der Waals surface area contributed by atoms with Gasteiger partial charge in [-0.25, -0.2) is 9.37 Å². The van der Waals surface area contributed by atoms with Crippen molar-refractivity contribution in [2.75, 3.05) is 13.1 Å². The van der Waals surface area contributed by atoms with Gasteiger partial charge in [0.2, 0.25) is 5.91 Å². The van der Waals surface area contributed by atoms with E-state index < -0.39 is 24.0 Å². The Morgan fingerprint density at radius 1 is 1.42 bits per heavy atom. The molecule has 2 heterocycles. The lowest BCUT2D eigenvalue weighted by Gasteiger charge is -2.13. The molecule has 1 fully saturated rings. The lowest BCUT2D eigenvalue weighted by Crippen LogP contribution is -2.27. The van der Waals surface area contributed by atoms with Crippen molar-refractivity contribution in [3.63, 3.8) is 0 Å². The number of rotatable bonds is 3. The molecule has 130 valence electrons. The van der Waals surface area contributed by atoms with E-state index in [9.17, 15) is 22.4 Å². The summed E-state index contributed by atoms with van der Waals surface area (Å²) in [5, 5.41) is 0. The number of amides is 1. The van der Waals surface area contributed by atoms with E-state index in [0.717, 1.165) is 12.1 Å². The summed E-state index contributed by atoms with van der Waals surface area (Å²) in [6, 6.07) is 3.19. The van der Waals surface area contributed by atoms with Gasteiger partial charge in [-0.2, -0.15) is 13.2 Å². The van der Waals surface area contributed by atoms with Crippen LogP contribution in [0.15, 0.2) is 18.2 Å². The molecule has 5 nitrogen and oxygen atoms in total. The number of carbonyl (C=O) groups excluding carboxylic acids is 1. The van der Waals surface area contributed by atoms with E-state index in [1.165, 1.54) is 17.9 Å². The van der Waals surface area contributed by atoms with Crippen molar-refractivity contribution in [1.82, 2.24) is 14.9 Å². The molecule has 0 saturated carbocycles. The second-order valence-corrected chi connectivity index (χ2v) is 5.70. The molecule has 1 aromatic heterocycles. The minimum absolute atomic E-state index is 0.0188. The Hall–Kier alpha value is -2.16. The van der Waals surface area contributed by atoms with Crippen LogP contribution in [0.2, 0.25) is 0 Å². The molecule has 1 aromatic carbocycles. The number of nitrogens with one attached hydrogen (secondary N) is 1. The van der Waals surface area contributed by atoms with Crippen molar-refractivity contribution in [3.05, 3.63) is 29.6 Å². The quantitative estimate of drug-likeness (QED) is 0.870. The SMILES string of the molecule is CC(=O)N1CC(F)C(OCc2nc3ccc(C(F)(F)F)cc3[nH]2)C1. The third-order valence-corrected chi connectivity index (χ3v) is 3.94. The topological polar surface area (TPSA) is 58.2 Å². The molecular formula is C15H15F4N3O2. The van der Waals surface area contributed by atoms with Gasteiger partial charge in [0.25, 0.3) is 0 Å². The highest BCUT2D eigenvalue weighted by Gasteiger charge is 2.35. The molecular weight excluding hydrogens is 330 g/mol. The van der Waals surface area contributed by atoms with Gasteiger partial charge in [0.1, 0.15) is 24.7 Å². The maximum Gasteiger partial charge on any atom is 0.416 e. The van der Waals surface area contributed by atoms with Crippen molar-refractivity contribution in [3.8, 4) is 0 Å².